The fraction of sp³-hybridized carbons (Fsp3) is 0.500. The molecule has 1 aromatic carbocycles. The zero-order chi connectivity index (χ0) is 19.4. The summed E-state index contributed by atoms with van der Waals surface area (Å²) < 4.78 is 10.9. The summed E-state index contributed by atoms with van der Waals surface area (Å²) in [6.45, 7) is 2.73. The first kappa shape index (κ1) is 19.2. The molecule has 7 heteroatoms. The molecule has 0 aliphatic carbocycles. The van der Waals surface area contributed by atoms with Crippen molar-refractivity contribution in [1.82, 2.24) is 14.9 Å². The largest absolute Gasteiger partial charge is 0.493 e. The summed E-state index contributed by atoms with van der Waals surface area (Å²) in [7, 11) is 7.09. The van der Waals surface area contributed by atoms with Crippen molar-refractivity contribution in [2.75, 3.05) is 46.3 Å². The number of ether oxygens (including phenoxy) is 2. The Labute approximate surface area is 159 Å². The molecule has 27 heavy (non-hydrogen) atoms. The Morgan fingerprint density at radius 2 is 1.96 bits per heavy atom. The van der Waals surface area contributed by atoms with Gasteiger partial charge in [-0.25, -0.2) is 4.98 Å². The van der Waals surface area contributed by atoms with E-state index < -0.39 is 0 Å². The number of aromatic amines is 1. The van der Waals surface area contributed by atoms with Crippen LogP contribution in [0.5, 0.6) is 11.5 Å². The Hall–Kier alpha value is -2.54. The number of hydrogen-bond acceptors (Lipinski definition) is 6. The molecule has 0 saturated carbocycles. The predicted molar refractivity (Wildman–Crippen MR) is 106 cm³/mol. The molecule has 2 aromatic rings. The van der Waals surface area contributed by atoms with Crippen LogP contribution in [0, 0.1) is 0 Å². The number of hydrogen-bond donors (Lipinski definition) is 1. The lowest BCUT2D eigenvalue weighted by Crippen LogP contribution is -2.33. The zero-order valence-electron chi connectivity index (χ0n) is 16.5. The quantitative estimate of drug-likeness (QED) is 0.839. The van der Waals surface area contributed by atoms with Gasteiger partial charge in [-0.3, -0.25) is 14.7 Å². The highest BCUT2D eigenvalue weighted by atomic mass is 16.5. The monoisotopic (exact) mass is 372 g/mol. The SMILES string of the molecule is COc1cccc(CN2CCC(c3cc(=O)[nH]c(N(C)C)n3)CC2)c1OC. The molecule has 0 unspecified atom stereocenters. The lowest BCUT2D eigenvalue weighted by molar-refractivity contribution is 0.200. The number of aromatic nitrogens is 2. The van der Waals surface area contributed by atoms with Crippen LogP contribution in [0.15, 0.2) is 29.1 Å². The van der Waals surface area contributed by atoms with Crippen molar-refractivity contribution in [3.63, 3.8) is 0 Å². The summed E-state index contributed by atoms with van der Waals surface area (Å²) >= 11 is 0. The van der Waals surface area contributed by atoms with E-state index >= 15 is 0 Å². The third kappa shape index (κ3) is 4.42. The first-order valence-corrected chi connectivity index (χ1v) is 9.22. The fourth-order valence-corrected chi connectivity index (χ4v) is 3.59. The Kier molecular flexibility index (Phi) is 6.01. The number of piperidine rings is 1. The average molecular weight is 372 g/mol. The standard InChI is InChI=1S/C20H28N4O3/c1-23(2)20-21-16(12-18(25)22-20)14-8-10-24(11-9-14)13-15-6-5-7-17(26-3)19(15)27-4/h5-7,12,14H,8-11,13H2,1-4H3,(H,21,22,25). The maximum absolute atomic E-state index is 11.9. The van der Waals surface area contributed by atoms with E-state index in [1.165, 1.54) is 0 Å². The van der Waals surface area contributed by atoms with Gasteiger partial charge >= 0.3 is 0 Å². The molecule has 1 saturated heterocycles. The number of benzene rings is 1. The lowest BCUT2D eigenvalue weighted by Gasteiger charge is -2.32. The van der Waals surface area contributed by atoms with Crippen molar-refractivity contribution in [2.24, 2.45) is 0 Å². The van der Waals surface area contributed by atoms with E-state index in [-0.39, 0.29) is 5.56 Å². The molecule has 0 atom stereocenters. The molecule has 1 aromatic heterocycles. The van der Waals surface area contributed by atoms with Gasteiger partial charge in [-0.15, -0.1) is 0 Å². The Balaban J connectivity index is 1.67. The lowest BCUT2D eigenvalue weighted by atomic mass is 9.93. The smallest absolute Gasteiger partial charge is 0.252 e. The van der Waals surface area contributed by atoms with Gasteiger partial charge in [-0.1, -0.05) is 12.1 Å². The predicted octanol–water partition coefficient (Wildman–Crippen LogP) is 2.23. The molecule has 0 radical (unpaired) electrons. The summed E-state index contributed by atoms with van der Waals surface area (Å²) in [5.41, 5.74) is 1.92. The topological polar surface area (TPSA) is 70.7 Å². The Morgan fingerprint density at radius 3 is 2.59 bits per heavy atom. The third-order valence-electron chi connectivity index (χ3n) is 5.06. The third-order valence-corrected chi connectivity index (χ3v) is 5.06. The van der Waals surface area contributed by atoms with Crippen LogP contribution in [-0.4, -0.2) is 56.3 Å². The maximum atomic E-state index is 11.9. The van der Waals surface area contributed by atoms with Crippen LogP contribution in [0.3, 0.4) is 0 Å². The van der Waals surface area contributed by atoms with Crippen LogP contribution < -0.4 is 19.9 Å². The molecule has 0 spiro atoms. The van der Waals surface area contributed by atoms with Crippen LogP contribution in [0.25, 0.3) is 0 Å². The van der Waals surface area contributed by atoms with Gasteiger partial charge in [-0.2, -0.15) is 0 Å². The first-order valence-electron chi connectivity index (χ1n) is 9.22. The van der Waals surface area contributed by atoms with E-state index in [4.69, 9.17) is 9.47 Å². The molecule has 2 heterocycles. The van der Waals surface area contributed by atoms with E-state index in [2.05, 4.69) is 20.9 Å². The maximum Gasteiger partial charge on any atom is 0.252 e. The number of likely N-dealkylation sites (tertiary alicyclic amines) is 1. The highest BCUT2D eigenvalue weighted by Crippen LogP contribution is 2.33. The number of anilines is 1. The highest BCUT2D eigenvalue weighted by molar-refractivity contribution is 5.46. The normalized spacial score (nSPS) is 15.6. The molecule has 3 rings (SSSR count). The van der Waals surface area contributed by atoms with Crippen LogP contribution in [0.1, 0.15) is 30.0 Å². The van der Waals surface area contributed by atoms with Gasteiger partial charge in [0.15, 0.2) is 11.5 Å². The van der Waals surface area contributed by atoms with Crippen molar-refractivity contribution in [3.8, 4) is 11.5 Å². The Morgan fingerprint density at radius 1 is 1.22 bits per heavy atom. The Bertz CT molecular complexity index is 826. The van der Waals surface area contributed by atoms with Crippen molar-refractivity contribution >= 4 is 5.95 Å². The van der Waals surface area contributed by atoms with Gasteiger partial charge < -0.3 is 14.4 Å². The van der Waals surface area contributed by atoms with E-state index in [1.807, 2.05) is 31.1 Å². The van der Waals surface area contributed by atoms with Crippen LogP contribution in [0.2, 0.25) is 0 Å². The van der Waals surface area contributed by atoms with E-state index in [0.717, 1.165) is 55.2 Å². The molecule has 0 amide bonds. The second-order valence-electron chi connectivity index (χ2n) is 7.09. The van der Waals surface area contributed by atoms with Gasteiger partial charge in [0.05, 0.1) is 19.9 Å². The van der Waals surface area contributed by atoms with E-state index in [0.29, 0.717) is 11.9 Å². The van der Waals surface area contributed by atoms with Crippen molar-refractivity contribution in [3.05, 3.63) is 45.9 Å². The van der Waals surface area contributed by atoms with Gasteiger partial charge in [0, 0.05) is 38.2 Å². The van der Waals surface area contributed by atoms with Crippen LogP contribution >= 0.6 is 0 Å². The summed E-state index contributed by atoms with van der Waals surface area (Å²) in [6, 6.07) is 7.62. The van der Waals surface area contributed by atoms with Crippen molar-refractivity contribution in [2.45, 2.75) is 25.3 Å². The van der Waals surface area contributed by atoms with Crippen LogP contribution in [-0.2, 0) is 6.54 Å². The first-order chi connectivity index (χ1) is 13.0. The fourth-order valence-electron chi connectivity index (χ4n) is 3.59. The summed E-state index contributed by atoms with van der Waals surface area (Å²) in [6.07, 6.45) is 1.96. The number of nitrogens with zero attached hydrogens (tertiary/aromatic N) is 3. The van der Waals surface area contributed by atoms with Crippen LogP contribution in [0.4, 0.5) is 5.95 Å². The number of methoxy groups -OCH3 is 2. The summed E-state index contributed by atoms with van der Waals surface area (Å²) in [5.74, 6) is 2.48. The molecular formula is C20H28N4O3. The minimum atomic E-state index is -0.0905. The number of nitrogens with one attached hydrogen (secondary N) is 1. The van der Waals surface area contributed by atoms with Crippen molar-refractivity contribution < 1.29 is 9.47 Å². The molecule has 1 fully saturated rings. The second kappa shape index (κ2) is 8.43. The summed E-state index contributed by atoms with van der Waals surface area (Å²) in [4.78, 5) is 23.6. The van der Waals surface area contributed by atoms with E-state index in [1.54, 1.807) is 20.3 Å². The number of H-pyrrole nitrogens is 1. The zero-order valence-corrected chi connectivity index (χ0v) is 16.5. The van der Waals surface area contributed by atoms with Gasteiger partial charge in [-0.05, 0) is 32.0 Å². The second-order valence-corrected chi connectivity index (χ2v) is 7.09. The molecule has 146 valence electrons. The van der Waals surface area contributed by atoms with Gasteiger partial charge in [0.25, 0.3) is 5.56 Å². The molecular weight excluding hydrogens is 344 g/mol. The minimum Gasteiger partial charge on any atom is -0.493 e. The average Bonchev–Trinajstić information content (AvgIpc) is 2.67. The molecule has 7 nitrogen and oxygen atoms in total. The molecule has 1 aliphatic rings. The molecule has 1 aliphatic heterocycles. The molecule has 0 bridgehead atoms. The minimum absolute atomic E-state index is 0.0905. The van der Waals surface area contributed by atoms with E-state index in [9.17, 15) is 4.79 Å². The molecule has 1 N–H and O–H groups in total. The highest BCUT2D eigenvalue weighted by Gasteiger charge is 2.24. The van der Waals surface area contributed by atoms with Crippen molar-refractivity contribution in [1.29, 1.82) is 0 Å². The summed E-state index contributed by atoms with van der Waals surface area (Å²) in [5, 5.41) is 0. The number of rotatable bonds is 6. The van der Waals surface area contributed by atoms with Gasteiger partial charge in [0.2, 0.25) is 5.95 Å². The van der Waals surface area contributed by atoms with Gasteiger partial charge in [0.1, 0.15) is 0 Å². The number of para-hydroxylation sites is 1.